The molecule has 132 valence electrons. The minimum absolute atomic E-state index is 0.0355. The van der Waals surface area contributed by atoms with Crippen LogP contribution >= 0.6 is 0 Å². The molecule has 1 fully saturated rings. The Morgan fingerprint density at radius 2 is 2.25 bits per heavy atom. The summed E-state index contributed by atoms with van der Waals surface area (Å²) in [4.78, 5) is 22.6. The average molecular weight is 337 g/mol. The number of hydrogen-bond donors (Lipinski definition) is 2. The molecule has 0 bridgehead atoms. The van der Waals surface area contributed by atoms with Crippen LogP contribution in [0.3, 0.4) is 0 Å². The molecule has 2 atom stereocenters. The highest BCUT2D eigenvalue weighted by molar-refractivity contribution is 5.82. The zero-order valence-corrected chi connectivity index (χ0v) is 13.9. The fourth-order valence-electron chi connectivity index (χ4n) is 2.66. The van der Waals surface area contributed by atoms with E-state index in [0.29, 0.717) is 23.7 Å². The Hall–Kier alpha value is -2.28. The molecule has 1 aromatic carbocycles. The molecule has 0 aliphatic carbocycles. The summed E-state index contributed by atoms with van der Waals surface area (Å²) in [6.45, 7) is 2.40. The third-order valence-corrected chi connectivity index (χ3v) is 3.82. The van der Waals surface area contributed by atoms with Gasteiger partial charge < -0.3 is 24.6 Å². The number of carbonyl (C=O) groups is 2. The molecule has 7 heteroatoms. The third-order valence-electron chi connectivity index (χ3n) is 3.82. The van der Waals surface area contributed by atoms with Crippen molar-refractivity contribution >= 4 is 11.9 Å². The molecule has 0 aromatic heterocycles. The van der Waals surface area contributed by atoms with Crippen LogP contribution in [0.25, 0.3) is 0 Å². The molecule has 0 radical (unpaired) electrons. The summed E-state index contributed by atoms with van der Waals surface area (Å²) < 4.78 is 16.7. The van der Waals surface area contributed by atoms with Crippen molar-refractivity contribution in [3.05, 3.63) is 23.8 Å². The van der Waals surface area contributed by atoms with Gasteiger partial charge in [0.25, 0.3) is 0 Å². The zero-order valence-electron chi connectivity index (χ0n) is 13.9. The largest absolute Gasteiger partial charge is 0.493 e. The quantitative estimate of drug-likeness (QED) is 0.744. The number of hydrogen-bond acceptors (Lipinski definition) is 5. The van der Waals surface area contributed by atoms with Gasteiger partial charge in [-0.1, -0.05) is 12.1 Å². The summed E-state index contributed by atoms with van der Waals surface area (Å²) in [6.07, 6.45) is 2.09. The van der Waals surface area contributed by atoms with Gasteiger partial charge in [-0.15, -0.1) is 0 Å². The van der Waals surface area contributed by atoms with Crippen LogP contribution in [0.5, 0.6) is 11.5 Å². The molecular weight excluding hydrogens is 314 g/mol. The Bertz CT molecular complexity index is 582. The minimum atomic E-state index is -1.10. The van der Waals surface area contributed by atoms with Crippen molar-refractivity contribution in [3.63, 3.8) is 0 Å². The first kappa shape index (κ1) is 18.1. The molecular formula is C17H23NO6. The average Bonchev–Trinajstić information content (AvgIpc) is 3.05. The van der Waals surface area contributed by atoms with E-state index in [9.17, 15) is 14.7 Å². The van der Waals surface area contributed by atoms with Crippen molar-refractivity contribution in [3.8, 4) is 11.5 Å². The van der Waals surface area contributed by atoms with Gasteiger partial charge in [0.2, 0.25) is 5.91 Å². The highest BCUT2D eigenvalue weighted by atomic mass is 16.5. The Morgan fingerprint density at radius 3 is 2.83 bits per heavy atom. The van der Waals surface area contributed by atoms with E-state index in [2.05, 4.69) is 5.32 Å². The van der Waals surface area contributed by atoms with Crippen LogP contribution in [0, 0.1) is 0 Å². The molecule has 0 spiro atoms. The Kier molecular flexibility index (Phi) is 6.43. The third kappa shape index (κ3) is 4.86. The molecule has 2 N–H and O–H groups in total. The molecule has 0 saturated carbocycles. The lowest BCUT2D eigenvalue weighted by atomic mass is 10.0. The number of amides is 1. The molecule has 1 aliphatic rings. The maximum atomic E-state index is 11.4. The highest BCUT2D eigenvalue weighted by Crippen LogP contribution is 2.32. The van der Waals surface area contributed by atoms with E-state index >= 15 is 0 Å². The SMILES string of the molecule is COc1cccc(CC(NC(C)=O)C(=O)O)c1OCC1CCCO1. The van der Waals surface area contributed by atoms with E-state index in [1.165, 1.54) is 14.0 Å². The van der Waals surface area contributed by atoms with Gasteiger partial charge in [0.1, 0.15) is 12.6 Å². The lowest BCUT2D eigenvalue weighted by molar-refractivity contribution is -0.141. The van der Waals surface area contributed by atoms with Gasteiger partial charge in [-0.25, -0.2) is 4.79 Å². The second-order valence-corrected chi connectivity index (χ2v) is 5.69. The maximum Gasteiger partial charge on any atom is 0.326 e. The number of carboxylic acid groups (broad SMARTS) is 1. The van der Waals surface area contributed by atoms with Crippen LogP contribution in [-0.4, -0.2) is 49.5 Å². The predicted octanol–water partition coefficient (Wildman–Crippen LogP) is 1.38. The van der Waals surface area contributed by atoms with E-state index in [0.717, 1.165) is 19.4 Å². The zero-order chi connectivity index (χ0) is 17.5. The Balaban J connectivity index is 2.17. The van der Waals surface area contributed by atoms with E-state index in [-0.39, 0.29) is 12.5 Å². The van der Waals surface area contributed by atoms with Crippen LogP contribution < -0.4 is 14.8 Å². The first-order chi connectivity index (χ1) is 11.5. The maximum absolute atomic E-state index is 11.4. The molecule has 2 unspecified atom stereocenters. The Labute approximate surface area is 140 Å². The first-order valence-corrected chi connectivity index (χ1v) is 7.91. The van der Waals surface area contributed by atoms with Crippen LogP contribution in [0.15, 0.2) is 18.2 Å². The predicted molar refractivity (Wildman–Crippen MR) is 86.4 cm³/mol. The fraction of sp³-hybridized carbons (Fsp3) is 0.529. The second kappa shape index (κ2) is 8.54. The number of para-hydroxylation sites is 1. The van der Waals surface area contributed by atoms with Gasteiger partial charge in [0, 0.05) is 25.5 Å². The second-order valence-electron chi connectivity index (χ2n) is 5.69. The van der Waals surface area contributed by atoms with Crippen molar-refractivity contribution in [2.24, 2.45) is 0 Å². The number of carboxylic acids is 1. The van der Waals surface area contributed by atoms with E-state index in [1.54, 1.807) is 18.2 Å². The van der Waals surface area contributed by atoms with Crippen molar-refractivity contribution in [2.75, 3.05) is 20.3 Å². The van der Waals surface area contributed by atoms with Crippen LogP contribution in [0.2, 0.25) is 0 Å². The molecule has 1 saturated heterocycles. The topological polar surface area (TPSA) is 94.1 Å². The van der Waals surface area contributed by atoms with Gasteiger partial charge in [-0.3, -0.25) is 4.79 Å². The summed E-state index contributed by atoms with van der Waals surface area (Å²) in [7, 11) is 1.53. The number of ether oxygens (including phenoxy) is 3. The molecule has 1 amide bonds. The summed E-state index contributed by atoms with van der Waals surface area (Å²) >= 11 is 0. The summed E-state index contributed by atoms with van der Waals surface area (Å²) in [5.74, 6) is -0.477. The first-order valence-electron chi connectivity index (χ1n) is 7.91. The van der Waals surface area contributed by atoms with Crippen molar-refractivity contribution < 1.29 is 28.9 Å². The van der Waals surface area contributed by atoms with Crippen molar-refractivity contribution in [2.45, 2.75) is 38.3 Å². The Morgan fingerprint density at radius 1 is 1.46 bits per heavy atom. The molecule has 1 aromatic rings. The highest BCUT2D eigenvalue weighted by Gasteiger charge is 2.23. The van der Waals surface area contributed by atoms with Gasteiger partial charge in [0.05, 0.1) is 13.2 Å². The number of nitrogens with one attached hydrogen (secondary N) is 1. The summed E-state index contributed by atoms with van der Waals surface area (Å²) in [5.41, 5.74) is 0.661. The monoisotopic (exact) mass is 337 g/mol. The van der Waals surface area contributed by atoms with Crippen LogP contribution in [0.4, 0.5) is 0 Å². The van der Waals surface area contributed by atoms with Gasteiger partial charge in [-0.05, 0) is 18.9 Å². The van der Waals surface area contributed by atoms with E-state index in [4.69, 9.17) is 14.2 Å². The fourth-order valence-corrected chi connectivity index (χ4v) is 2.66. The molecule has 1 aliphatic heterocycles. The molecule has 1 heterocycles. The number of aliphatic carboxylic acids is 1. The lowest BCUT2D eigenvalue weighted by Crippen LogP contribution is -2.41. The number of carbonyl (C=O) groups excluding carboxylic acids is 1. The van der Waals surface area contributed by atoms with Crippen LogP contribution in [-0.2, 0) is 20.7 Å². The standard InChI is InChI=1S/C17H23NO6/c1-11(19)18-14(17(20)21)9-12-5-3-7-15(22-2)16(12)24-10-13-6-4-8-23-13/h3,5,7,13-14H,4,6,8-10H2,1-2H3,(H,18,19)(H,20,21). The number of benzene rings is 1. The van der Waals surface area contributed by atoms with Gasteiger partial charge in [0.15, 0.2) is 11.5 Å². The van der Waals surface area contributed by atoms with E-state index in [1.807, 2.05) is 0 Å². The smallest absolute Gasteiger partial charge is 0.326 e. The van der Waals surface area contributed by atoms with Crippen molar-refractivity contribution in [1.82, 2.24) is 5.32 Å². The molecule has 2 rings (SSSR count). The molecule has 24 heavy (non-hydrogen) atoms. The molecule has 7 nitrogen and oxygen atoms in total. The van der Waals surface area contributed by atoms with Crippen molar-refractivity contribution in [1.29, 1.82) is 0 Å². The normalized spacial score (nSPS) is 18.0. The minimum Gasteiger partial charge on any atom is -0.493 e. The van der Waals surface area contributed by atoms with E-state index < -0.39 is 17.9 Å². The number of rotatable bonds is 8. The van der Waals surface area contributed by atoms with Crippen LogP contribution in [0.1, 0.15) is 25.3 Å². The number of methoxy groups -OCH3 is 1. The lowest BCUT2D eigenvalue weighted by Gasteiger charge is -2.19. The summed E-state index contributed by atoms with van der Waals surface area (Å²) in [6, 6.07) is 4.26. The summed E-state index contributed by atoms with van der Waals surface area (Å²) in [5, 5.41) is 11.7. The van der Waals surface area contributed by atoms with Gasteiger partial charge in [-0.2, -0.15) is 0 Å². The van der Waals surface area contributed by atoms with Gasteiger partial charge >= 0.3 is 5.97 Å².